The first-order valence-corrected chi connectivity index (χ1v) is 22.6. The van der Waals surface area contributed by atoms with E-state index in [1.807, 2.05) is 0 Å². The number of imidazole rings is 4. The second kappa shape index (κ2) is 36.1. The molecule has 0 unspecified atom stereocenters. The van der Waals surface area contributed by atoms with Crippen molar-refractivity contribution in [3.8, 4) is 0 Å². The summed E-state index contributed by atoms with van der Waals surface area (Å²) in [6.07, 6.45) is 38.6. The van der Waals surface area contributed by atoms with Crippen LogP contribution in [-0.4, -0.2) is 32.8 Å². The fourth-order valence-corrected chi connectivity index (χ4v) is 6.18. The molecule has 0 aliphatic heterocycles. The Bertz CT molecular complexity index is 1400. The molecule has 4 aromatic heterocycles. The maximum absolute atomic E-state index is 9.75. The predicted octanol–water partition coefficient (Wildman–Crippen LogP) is 6.16. The standard InChI is InChI=1S/4C11H21N2.BF4.BO3/c4*1-4-5-6-7-8-13-10-9-12(3)11(13)2;2-1(3,4)5;2-1(3)4/h4*9-10H,4-8H2,1-3H3;;/q4*+1;-1;-3. The smallest absolute Gasteiger partial charge is 0.673 e. The van der Waals surface area contributed by atoms with Crippen molar-refractivity contribution >= 4 is 14.6 Å². The van der Waals surface area contributed by atoms with Crippen molar-refractivity contribution in [1.82, 2.24) is 18.3 Å². The first-order chi connectivity index (χ1) is 28.7. The van der Waals surface area contributed by atoms with E-state index >= 15 is 0 Å². The zero-order chi connectivity index (χ0) is 46.8. The summed E-state index contributed by atoms with van der Waals surface area (Å²) in [7, 11) is -0.536. The number of aryl methyl sites for hydroxylation is 8. The van der Waals surface area contributed by atoms with E-state index in [9.17, 15) is 17.3 Å². The lowest BCUT2D eigenvalue weighted by Crippen LogP contribution is -2.56. The Hall–Kier alpha value is -3.43. The highest BCUT2D eigenvalue weighted by molar-refractivity contribution is 6.50. The van der Waals surface area contributed by atoms with Crippen LogP contribution in [0, 0.1) is 27.7 Å². The third-order valence-corrected chi connectivity index (χ3v) is 10.6. The number of nitrogens with zero attached hydrogens (tertiary/aromatic N) is 8. The molecule has 0 atom stereocenters. The highest BCUT2D eigenvalue weighted by atomic mass is 19.5. The van der Waals surface area contributed by atoms with Gasteiger partial charge in [-0.1, -0.05) is 79.1 Å². The molecule has 0 radical (unpaired) electrons. The molecule has 0 aromatic carbocycles. The van der Waals surface area contributed by atoms with E-state index in [1.54, 1.807) is 0 Å². The third kappa shape index (κ3) is 32.0. The summed E-state index contributed by atoms with van der Waals surface area (Å²) >= 11 is 0. The lowest BCUT2D eigenvalue weighted by molar-refractivity contribution is -0.677. The third-order valence-electron chi connectivity index (χ3n) is 10.6. The van der Waals surface area contributed by atoms with Gasteiger partial charge in [0.1, 0.15) is 49.6 Å². The molecule has 0 fully saturated rings. The quantitative estimate of drug-likeness (QED) is 0.0461. The zero-order valence-electron chi connectivity index (χ0n) is 40.2. The van der Waals surface area contributed by atoms with Crippen LogP contribution in [0.2, 0.25) is 0 Å². The van der Waals surface area contributed by atoms with Gasteiger partial charge in [0.15, 0.2) is 0 Å². The molecular weight excluding hydrogens is 786 g/mol. The van der Waals surface area contributed by atoms with E-state index in [-0.39, 0.29) is 0 Å². The van der Waals surface area contributed by atoms with Gasteiger partial charge in [0.2, 0.25) is 0 Å². The van der Waals surface area contributed by atoms with Crippen LogP contribution in [0.4, 0.5) is 17.3 Å². The van der Waals surface area contributed by atoms with E-state index < -0.39 is 14.6 Å². The molecule has 61 heavy (non-hydrogen) atoms. The van der Waals surface area contributed by atoms with Crippen LogP contribution in [0.3, 0.4) is 0 Å². The minimum absolute atomic E-state index is 1.17. The molecule has 0 saturated heterocycles. The van der Waals surface area contributed by atoms with Gasteiger partial charge in [-0.25, -0.2) is 36.5 Å². The molecule has 0 amide bonds. The van der Waals surface area contributed by atoms with Crippen LogP contribution in [0.1, 0.15) is 154 Å². The lowest BCUT2D eigenvalue weighted by Gasteiger charge is -2.35. The molecule has 4 aromatic rings. The van der Waals surface area contributed by atoms with Crippen LogP contribution < -0.4 is 33.3 Å². The molecule has 352 valence electrons. The fourth-order valence-electron chi connectivity index (χ4n) is 6.18. The van der Waals surface area contributed by atoms with Crippen LogP contribution in [0.5, 0.6) is 0 Å². The molecule has 0 N–H and O–H groups in total. The first kappa shape index (κ1) is 59.7. The molecule has 0 aliphatic rings. The summed E-state index contributed by atoms with van der Waals surface area (Å²) < 4.78 is 57.0. The van der Waals surface area contributed by atoms with E-state index in [0.717, 1.165) is 0 Å². The molecule has 0 aliphatic carbocycles. The van der Waals surface area contributed by atoms with Gasteiger partial charge in [0, 0.05) is 27.7 Å². The molecule has 4 heterocycles. The predicted molar refractivity (Wildman–Crippen MR) is 234 cm³/mol. The molecule has 17 heteroatoms. The van der Waals surface area contributed by atoms with Crippen LogP contribution >= 0.6 is 0 Å². The average Bonchev–Trinajstić information content (AvgIpc) is 3.91. The van der Waals surface area contributed by atoms with Crippen molar-refractivity contribution in [3.63, 3.8) is 0 Å². The Kier molecular flexibility index (Phi) is 35.3. The number of hydrogen-bond donors (Lipinski definition) is 0. The summed E-state index contributed by atoms with van der Waals surface area (Å²) in [5, 5.41) is 25.2. The molecule has 11 nitrogen and oxygen atoms in total. The van der Waals surface area contributed by atoms with Crippen molar-refractivity contribution in [1.29, 1.82) is 0 Å². The summed E-state index contributed by atoms with van der Waals surface area (Å²) in [5.41, 5.74) is 0. The largest absolute Gasteiger partial charge is 0.907 e. The number of aromatic nitrogens is 8. The number of hydrogen-bond acceptors (Lipinski definition) is 3. The first-order valence-electron chi connectivity index (χ1n) is 22.6. The molecule has 0 saturated carbocycles. The number of unbranched alkanes of at least 4 members (excludes halogenated alkanes) is 12. The number of halogens is 4. The van der Waals surface area contributed by atoms with Gasteiger partial charge >= 0.3 is 7.25 Å². The highest BCUT2D eigenvalue weighted by Gasteiger charge is 2.20. The summed E-state index contributed by atoms with van der Waals surface area (Å²) in [5.74, 6) is 5.38. The topological polar surface area (TPSA) is 104 Å². The minimum Gasteiger partial charge on any atom is -0.907 e. The van der Waals surface area contributed by atoms with E-state index in [0.29, 0.717) is 0 Å². The van der Waals surface area contributed by atoms with Crippen molar-refractivity contribution in [2.75, 3.05) is 0 Å². The lowest BCUT2D eigenvalue weighted by atomic mass is 10.2. The maximum atomic E-state index is 9.75. The zero-order valence-corrected chi connectivity index (χ0v) is 40.2. The van der Waals surface area contributed by atoms with Gasteiger partial charge in [0.25, 0.3) is 23.3 Å². The van der Waals surface area contributed by atoms with Crippen molar-refractivity contribution in [2.24, 2.45) is 28.2 Å². The highest BCUT2D eigenvalue weighted by Crippen LogP contribution is 2.07. The van der Waals surface area contributed by atoms with E-state index in [4.69, 9.17) is 15.1 Å². The van der Waals surface area contributed by atoms with Crippen molar-refractivity contribution < 1.29 is 50.6 Å². The fraction of sp³-hybridized carbons (Fsp3) is 0.727. The average molecular weight is 871 g/mol. The number of rotatable bonds is 20. The van der Waals surface area contributed by atoms with E-state index in [2.05, 4.69) is 170 Å². The molecular formula is C44H84B2F4N8O3. The SMILES string of the molecule is CCCCCCn1cc[n+](C)c1C.CCCCCCn1cc[n+](C)c1C.CCCCCCn1cc[n+](C)c1C.CCCCCCn1cc[n+](C)c1C.F[B-](F)(F)F.[O-]B([O-])[O-]. The Morgan fingerprint density at radius 3 is 0.689 bits per heavy atom. The normalized spacial score (nSPS) is 10.5. The second-order valence-electron chi connectivity index (χ2n) is 15.6. The Morgan fingerprint density at radius 2 is 0.574 bits per heavy atom. The maximum Gasteiger partial charge on any atom is 0.673 e. The summed E-state index contributed by atoms with van der Waals surface area (Å²) in [6, 6.07) is 0. The summed E-state index contributed by atoms with van der Waals surface area (Å²) in [4.78, 5) is 0. The summed E-state index contributed by atoms with van der Waals surface area (Å²) in [6.45, 7) is 22.4. The monoisotopic (exact) mass is 871 g/mol. The minimum atomic E-state index is -6.00. The van der Waals surface area contributed by atoms with Gasteiger partial charge in [-0.2, -0.15) is 0 Å². The molecule has 4 rings (SSSR count). The van der Waals surface area contributed by atoms with Gasteiger partial charge in [-0.15, -0.1) is 0 Å². The van der Waals surface area contributed by atoms with Crippen molar-refractivity contribution in [3.05, 3.63) is 72.9 Å². The Balaban J connectivity index is 0. The Labute approximate surface area is 368 Å². The van der Waals surface area contributed by atoms with Crippen molar-refractivity contribution in [2.45, 2.75) is 184 Å². The van der Waals surface area contributed by atoms with E-state index in [1.165, 1.54) is 152 Å². The van der Waals surface area contributed by atoms with Crippen LogP contribution in [0.25, 0.3) is 0 Å². The van der Waals surface area contributed by atoms with Crippen LogP contribution in [-0.2, 0) is 54.4 Å². The second-order valence-corrected chi connectivity index (χ2v) is 15.6. The molecule has 0 spiro atoms. The van der Waals surface area contributed by atoms with Crippen LogP contribution in [0.15, 0.2) is 49.6 Å². The van der Waals surface area contributed by atoms with Gasteiger partial charge in [-0.05, 0) is 51.4 Å². The van der Waals surface area contributed by atoms with Gasteiger partial charge < -0.3 is 32.3 Å². The van der Waals surface area contributed by atoms with Gasteiger partial charge in [0.05, 0.1) is 54.4 Å². The Morgan fingerprint density at radius 1 is 0.410 bits per heavy atom. The van der Waals surface area contributed by atoms with Gasteiger partial charge in [-0.3, -0.25) is 7.32 Å². The molecule has 0 bridgehead atoms.